The summed E-state index contributed by atoms with van der Waals surface area (Å²) in [5.74, 6) is -2.12. The molecule has 2 atom stereocenters. The van der Waals surface area contributed by atoms with Gasteiger partial charge in [-0.3, -0.25) is 4.79 Å². The lowest BCUT2D eigenvalue weighted by molar-refractivity contribution is -0.150. The van der Waals surface area contributed by atoms with Crippen LogP contribution < -0.4 is 0 Å². The van der Waals surface area contributed by atoms with Gasteiger partial charge in [-0.05, 0) is 25.0 Å². The lowest BCUT2D eigenvalue weighted by Gasteiger charge is -2.27. The highest BCUT2D eigenvalue weighted by molar-refractivity contribution is 7.89. The summed E-state index contributed by atoms with van der Waals surface area (Å²) in [6, 6.07) is 6.91. The SMILES string of the molecule is O=C(C1CCCN1S(=O)(=O)c1ccccc1)N1CCC(F)(C(=O)O)C1. The highest BCUT2D eigenvalue weighted by atomic mass is 32.2. The Labute approximate surface area is 145 Å². The van der Waals surface area contributed by atoms with Crippen molar-refractivity contribution in [2.75, 3.05) is 19.6 Å². The van der Waals surface area contributed by atoms with Crippen molar-refractivity contribution < 1.29 is 27.5 Å². The predicted octanol–water partition coefficient (Wildman–Crippen LogP) is 0.865. The maximum Gasteiger partial charge on any atom is 0.343 e. The zero-order valence-corrected chi connectivity index (χ0v) is 14.3. The number of hydrogen-bond donors (Lipinski definition) is 1. The van der Waals surface area contributed by atoms with E-state index in [0.717, 1.165) is 9.21 Å². The van der Waals surface area contributed by atoms with Gasteiger partial charge < -0.3 is 10.0 Å². The smallest absolute Gasteiger partial charge is 0.343 e. The monoisotopic (exact) mass is 370 g/mol. The molecule has 7 nitrogen and oxygen atoms in total. The van der Waals surface area contributed by atoms with Crippen molar-refractivity contribution in [2.45, 2.75) is 35.9 Å². The Morgan fingerprint density at radius 2 is 1.88 bits per heavy atom. The summed E-state index contributed by atoms with van der Waals surface area (Å²) < 4.78 is 40.9. The van der Waals surface area contributed by atoms with Crippen LogP contribution in [0.15, 0.2) is 35.2 Å². The molecule has 2 fully saturated rings. The fourth-order valence-corrected chi connectivity index (χ4v) is 5.02. The van der Waals surface area contributed by atoms with Crippen LogP contribution in [-0.2, 0) is 19.6 Å². The van der Waals surface area contributed by atoms with Crippen molar-refractivity contribution in [3.63, 3.8) is 0 Å². The molecule has 2 saturated heterocycles. The molecule has 1 aromatic rings. The molecule has 0 aliphatic carbocycles. The fraction of sp³-hybridized carbons (Fsp3) is 0.500. The van der Waals surface area contributed by atoms with Gasteiger partial charge in [-0.15, -0.1) is 0 Å². The number of carbonyl (C=O) groups is 2. The summed E-state index contributed by atoms with van der Waals surface area (Å²) in [5.41, 5.74) is -2.46. The molecule has 2 heterocycles. The molecule has 1 aromatic carbocycles. The summed E-state index contributed by atoms with van der Waals surface area (Å²) in [5, 5.41) is 8.95. The van der Waals surface area contributed by atoms with Gasteiger partial charge in [-0.1, -0.05) is 18.2 Å². The number of likely N-dealkylation sites (tertiary alicyclic amines) is 1. The summed E-state index contributed by atoms with van der Waals surface area (Å²) >= 11 is 0. The van der Waals surface area contributed by atoms with Gasteiger partial charge in [0.05, 0.1) is 11.4 Å². The molecule has 0 spiro atoms. The average molecular weight is 370 g/mol. The van der Waals surface area contributed by atoms with E-state index in [4.69, 9.17) is 5.11 Å². The Hall–Kier alpha value is -2.00. The van der Waals surface area contributed by atoms with E-state index in [1.807, 2.05) is 0 Å². The maximum atomic E-state index is 14.2. The number of amides is 1. The molecule has 2 aliphatic rings. The van der Waals surface area contributed by atoms with Crippen LogP contribution in [0, 0.1) is 0 Å². The van der Waals surface area contributed by atoms with Crippen molar-refractivity contribution in [3.8, 4) is 0 Å². The molecule has 1 amide bonds. The van der Waals surface area contributed by atoms with Crippen molar-refractivity contribution in [1.82, 2.24) is 9.21 Å². The van der Waals surface area contributed by atoms with Gasteiger partial charge in [0.25, 0.3) is 0 Å². The number of alkyl halides is 1. The first kappa shape index (κ1) is 17.8. The molecule has 0 radical (unpaired) electrons. The van der Waals surface area contributed by atoms with Crippen molar-refractivity contribution in [1.29, 1.82) is 0 Å². The van der Waals surface area contributed by atoms with Crippen LogP contribution >= 0.6 is 0 Å². The minimum absolute atomic E-state index is 0.0304. The third-order valence-electron chi connectivity index (χ3n) is 4.75. The highest BCUT2D eigenvalue weighted by Gasteiger charge is 2.49. The molecule has 25 heavy (non-hydrogen) atoms. The van der Waals surface area contributed by atoms with Gasteiger partial charge in [0.15, 0.2) is 0 Å². The molecule has 136 valence electrons. The van der Waals surface area contributed by atoms with Gasteiger partial charge in [-0.25, -0.2) is 17.6 Å². The number of carboxylic acid groups (broad SMARTS) is 1. The van der Waals surface area contributed by atoms with E-state index in [9.17, 15) is 22.4 Å². The number of benzene rings is 1. The summed E-state index contributed by atoms with van der Waals surface area (Å²) in [6.07, 6.45) is 0.579. The number of aliphatic carboxylic acids is 1. The number of carboxylic acids is 1. The lowest BCUT2D eigenvalue weighted by atomic mass is 10.1. The van der Waals surface area contributed by atoms with Gasteiger partial charge >= 0.3 is 5.97 Å². The zero-order valence-electron chi connectivity index (χ0n) is 13.5. The molecule has 3 rings (SSSR count). The summed E-state index contributed by atoms with van der Waals surface area (Å²) in [7, 11) is -3.83. The Morgan fingerprint density at radius 1 is 1.20 bits per heavy atom. The first-order chi connectivity index (χ1) is 11.8. The second-order valence-corrected chi connectivity index (χ2v) is 8.26. The maximum absolute atomic E-state index is 14.2. The van der Waals surface area contributed by atoms with Crippen LogP contribution in [0.25, 0.3) is 0 Å². The van der Waals surface area contributed by atoms with Gasteiger partial charge in [-0.2, -0.15) is 4.31 Å². The van der Waals surface area contributed by atoms with E-state index in [-0.39, 0.29) is 24.4 Å². The largest absolute Gasteiger partial charge is 0.479 e. The first-order valence-electron chi connectivity index (χ1n) is 8.04. The number of sulfonamides is 1. The van der Waals surface area contributed by atoms with Gasteiger partial charge in [0.1, 0.15) is 6.04 Å². The average Bonchev–Trinajstić information content (AvgIpc) is 3.23. The van der Waals surface area contributed by atoms with Crippen LogP contribution in [0.2, 0.25) is 0 Å². The third-order valence-corrected chi connectivity index (χ3v) is 6.68. The molecule has 2 unspecified atom stereocenters. The normalized spacial score (nSPS) is 27.6. The van der Waals surface area contributed by atoms with Crippen LogP contribution in [0.5, 0.6) is 0 Å². The van der Waals surface area contributed by atoms with Gasteiger partial charge in [0, 0.05) is 19.5 Å². The number of hydrogen-bond acceptors (Lipinski definition) is 4. The molecule has 0 saturated carbocycles. The second kappa shape index (κ2) is 6.38. The molecule has 1 N–H and O–H groups in total. The van der Waals surface area contributed by atoms with E-state index >= 15 is 0 Å². The third kappa shape index (κ3) is 3.13. The van der Waals surface area contributed by atoms with E-state index in [1.54, 1.807) is 18.2 Å². The molecular formula is C16H19FN2O5S. The van der Waals surface area contributed by atoms with Crippen LogP contribution in [-0.4, -0.2) is 66.0 Å². The predicted molar refractivity (Wildman–Crippen MR) is 86.0 cm³/mol. The molecule has 0 aromatic heterocycles. The quantitative estimate of drug-likeness (QED) is 0.848. The van der Waals surface area contributed by atoms with Crippen LogP contribution in [0.3, 0.4) is 0 Å². The molecule has 0 bridgehead atoms. The van der Waals surface area contributed by atoms with E-state index < -0.39 is 40.2 Å². The number of halogens is 1. The Kier molecular flexibility index (Phi) is 4.54. The minimum atomic E-state index is -3.83. The van der Waals surface area contributed by atoms with Crippen molar-refractivity contribution >= 4 is 21.9 Å². The second-order valence-electron chi connectivity index (χ2n) is 6.37. The standard InChI is InChI=1S/C16H19FN2O5S/c17-16(15(21)22)8-10-18(11-16)14(20)13-7-4-9-19(13)25(23,24)12-5-2-1-3-6-12/h1-3,5-6,13H,4,7-11H2,(H,21,22). The van der Waals surface area contributed by atoms with Crippen molar-refractivity contribution in [3.05, 3.63) is 30.3 Å². The fourth-order valence-electron chi connectivity index (χ4n) is 3.35. The number of rotatable bonds is 4. The van der Waals surface area contributed by atoms with E-state index in [2.05, 4.69) is 0 Å². The topological polar surface area (TPSA) is 95.0 Å². The Morgan fingerprint density at radius 3 is 2.48 bits per heavy atom. The molecule has 9 heteroatoms. The molecule has 2 aliphatic heterocycles. The Bertz CT molecular complexity index is 785. The number of carbonyl (C=O) groups excluding carboxylic acids is 1. The first-order valence-corrected chi connectivity index (χ1v) is 9.48. The number of nitrogens with zero attached hydrogens (tertiary/aromatic N) is 2. The molecular weight excluding hydrogens is 351 g/mol. The minimum Gasteiger partial charge on any atom is -0.479 e. The van der Waals surface area contributed by atoms with E-state index in [1.165, 1.54) is 12.1 Å². The van der Waals surface area contributed by atoms with E-state index in [0.29, 0.717) is 12.8 Å². The van der Waals surface area contributed by atoms with Crippen LogP contribution in [0.1, 0.15) is 19.3 Å². The summed E-state index contributed by atoms with van der Waals surface area (Å²) in [6.45, 7) is -0.366. The van der Waals surface area contributed by atoms with Crippen LogP contribution in [0.4, 0.5) is 4.39 Å². The van der Waals surface area contributed by atoms with Gasteiger partial charge in [0.2, 0.25) is 21.6 Å². The highest BCUT2D eigenvalue weighted by Crippen LogP contribution is 2.31. The Balaban J connectivity index is 1.81. The zero-order chi connectivity index (χ0) is 18.2. The summed E-state index contributed by atoms with van der Waals surface area (Å²) in [4.78, 5) is 24.9. The van der Waals surface area contributed by atoms with Crippen molar-refractivity contribution in [2.24, 2.45) is 0 Å². The lowest BCUT2D eigenvalue weighted by Crippen LogP contribution is -2.48.